The molecule has 4 fully saturated rings. The van der Waals surface area contributed by atoms with Gasteiger partial charge in [-0.2, -0.15) is 0 Å². The molecule has 1 heterocycles. The SMILES string of the molecule is C[C@]12CC(OC(=O)CSCC(N)C(=O)O)C3C(CC[C@]4(O)C[C@@H](OC(=O)CSCC(N)C(=O)O)C[C@@H](O)[C@]34CO)[C@@]1(O)CC[C@@H]2C1=CC(=O)OC1.[99Tc]. The number of aliphatic hydroxyl groups excluding tert-OH is 2. The van der Waals surface area contributed by atoms with Crippen LogP contribution in [0.2, 0.25) is 0 Å². The number of hydrogen-bond acceptors (Lipinski definition) is 16. The second-order valence-corrected chi connectivity index (χ2v) is 16.9. The molecule has 4 saturated carbocycles. The summed E-state index contributed by atoms with van der Waals surface area (Å²) in [5, 5.41) is 66.5. The Morgan fingerprint density at radius 1 is 0.981 bits per heavy atom. The molecule has 12 atom stereocenters. The minimum absolute atomic E-state index is 0. The number of ether oxygens (including phenoxy) is 3. The number of carboxylic acids is 2. The Morgan fingerprint density at radius 3 is 2.12 bits per heavy atom. The second-order valence-electron chi connectivity index (χ2n) is 14.9. The number of aliphatic hydroxyl groups is 4. The number of rotatable bonds is 14. The zero-order valence-electron chi connectivity index (χ0n) is 28.7. The molecule has 5 unspecified atom stereocenters. The van der Waals surface area contributed by atoms with Crippen LogP contribution in [-0.2, 0) is 58.3 Å². The van der Waals surface area contributed by atoms with Crippen LogP contribution in [0.25, 0.3) is 0 Å². The van der Waals surface area contributed by atoms with Gasteiger partial charge in [-0.3, -0.25) is 19.2 Å². The molecule has 0 aromatic heterocycles. The molecule has 1 radical (unpaired) electrons. The third kappa shape index (κ3) is 7.69. The number of cyclic esters (lactones) is 1. The number of hydrogen-bond donors (Lipinski definition) is 8. The number of carbonyl (C=O) groups excluding carboxylic acids is 3. The van der Waals surface area contributed by atoms with Crippen LogP contribution in [0.3, 0.4) is 0 Å². The van der Waals surface area contributed by atoms with E-state index < -0.39 is 101 Å². The molecular formula is C33H48N2O14S2Tc. The van der Waals surface area contributed by atoms with Crippen molar-refractivity contribution in [1.82, 2.24) is 0 Å². The summed E-state index contributed by atoms with van der Waals surface area (Å²) >= 11 is 1.94. The Balaban J connectivity index is 0.00000605. The molecule has 0 spiro atoms. The summed E-state index contributed by atoms with van der Waals surface area (Å²) in [4.78, 5) is 60.3. The van der Waals surface area contributed by atoms with E-state index in [1.54, 1.807) is 0 Å². The normalized spacial score (nSPS) is 39.0. The van der Waals surface area contributed by atoms with E-state index in [4.69, 9.17) is 35.9 Å². The molecule has 0 aromatic carbocycles. The van der Waals surface area contributed by atoms with Crippen molar-refractivity contribution in [2.75, 3.05) is 36.2 Å². The van der Waals surface area contributed by atoms with Crippen molar-refractivity contribution in [1.29, 1.82) is 0 Å². The van der Waals surface area contributed by atoms with Crippen LogP contribution < -0.4 is 11.5 Å². The summed E-state index contributed by atoms with van der Waals surface area (Å²) in [5.41, 5.74) is 5.91. The van der Waals surface area contributed by atoms with E-state index >= 15 is 0 Å². The van der Waals surface area contributed by atoms with Gasteiger partial charge in [0.15, 0.2) is 0 Å². The summed E-state index contributed by atoms with van der Waals surface area (Å²) in [6.45, 7) is 1.21. The first kappa shape index (κ1) is 42.9. The molecule has 293 valence electrons. The smallest absolute Gasteiger partial charge is 0.331 e. The summed E-state index contributed by atoms with van der Waals surface area (Å²) in [6, 6.07) is -2.37. The van der Waals surface area contributed by atoms with Crippen LogP contribution in [-0.4, -0.2) is 138 Å². The average Bonchev–Trinajstić information content (AvgIpc) is 3.59. The number of nitrogens with two attached hydrogens (primary N) is 2. The standard InChI is InChI=1S/C33H48N2O14S2.Tc/c1-30-9-22(49-26(40)14-51-12-21(35)29(43)44)27-19(33(30,46)5-3-18(30)16-6-24(38)47-10-16)2-4-31(45)8-17(7-23(37)32(27,31)15-36)48-25(39)13-50-11-20(34)28(41)42;/h6,17-23,27,36-37,45-46H,2-5,7-15,34-35H2,1H3,(H,41,42)(H,43,44);/t17-,18+,19?,20?,21?,22?,23+,27?,30+,31-,32+,33-;/m0./s1/i;1+1. The van der Waals surface area contributed by atoms with E-state index in [1.807, 2.05) is 6.92 Å². The Bertz CT molecular complexity index is 1440. The van der Waals surface area contributed by atoms with E-state index in [-0.39, 0.29) is 87.7 Å². The molecule has 1 aliphatic heterocycles. The quantitative estimate of drug-likeness (QED) is 0.0770. The van der Waals surface area contributed by atoms with E-state index in [0.717, 1.165) is 29.1 Å². The van der Waals surface area contributed by atoms with Crippen molar-refractivity contribution in [3.63, 3.8) is 0 Å². The molecule has 10 N–H and O–H groups in total. The molecule has 0 bridgehead atoms. The van der Waals surface area contributed by atoms with Crippen molar-refractivity contribution < 1.29 is 88.9 Å². The molecule has 16 nitrogen and oxygen atoms in total. The minimum Gasteiger partial charge on any atom is -0.480 e. The summed E-state index contributed by atoms with van der Waals surface area (Å²) in [5.74, 6) is -6.83. The molecular weight excluding hydrogens is 811 g/mol. The Morgan fingerprint density at radius 2 is 1.58 bits per heavy atom. The molecule has 19 heteroatoms. The predicted molar refractivity (Wildman–Crippen MR) is 181 cm³/mol. The van der Waals surface area contributed by atoms with Crippen molar-refractivity contribution in [3.8, 4) is 0 Å². The van der Waals surface area contributed by atoms with Gasteiger partial charge in [-0.15, -0.1) is 23.5 Å². The van der Waals surface area contributed by atoms with Gasteiger partial charge in [-0.1, -0.05) is 6.92 Å². The van der Waals surface area contributed by atoms with E-state index in [2.05, 4.69) is 0 Å². The first-order chi connectivity index (χ1) is 23.9. The van der Waals surface area contributed by atoms with Crippen molar-refractivity contribution >= 4 is 53.4 Å². The van der Waals surface area contributed by atoms with Crippen LogP contribution in [0.1, 0.15) is 51.9 Å². The van der Waals surface area contributed by atoms with Crippen LogP contribution in [0, 0.1) is 28.6 Å². The number of esters is 3. The largest absolute Gasteiger partial charge is 0.480 e. The number of fused-ring (bicyclic) bond motifs is 5. The molecule has 52 heavy (non-hydrogen) atoms. The summed E-state index contributed by atoms with van der Waals surface area (Å²) < 4.78 is 17.0. The number of carboxylic acid groups (broad SMARTS) is 2. The van der Waals surface area contributed by atoms with Crippen molar-refractivity contribution in [2.24, 2.45) is 40.1 Å². The summed E-state index contributed by atoms with van der Waals surface area (Å²) in [7, 11) is 0. The molecule has 5 aliphatic rings. The van der Waals surface area contributed by atoms with Crippen molar-refractivity contribution in [3.05, 3.63) is 11.6 Å². The fraction of sp³-hybridized carbons (Fsp3) is 0.788. The van der Waals surface area contributed by atoms with Gasteiger partial charge in [-0.25, -0.2) is 4.79 Å². The zero-order valence-corrected chi connectivity index (χ0v) is 32.2. The zero-order chi connectivity index (χ0) is 37.5. The van der Waals surface area contributed by atoms with E-state index in [9.17, 15) is 44.4 Å². The van der Waals surface area contributed by atoms with Gasteiger partial charge < -0.3 is 56.3 Å². The number of aliphatic carboxylic acids is 2. The Labute approximate surface area is 322 Å². The van der Waals surface area contributed by atoms with Crippen LogP contribution >= 0.6 is 23.5 Å². The molecule has 0 amide bonds. The van der Waals surface area contributed by atoms with Gasteiger partial charge in [0.05, 0.1) is 40.8 Å². The van der Waals surface area contributed by atoms with Crippen LogP contribution in [0.4, 0.5) is 0 Å². The molecule has 4 aliphatic carbocycles. The fourth-order valence-electron chi connectivity index (χ4n) is 9.94. The Kier molecular flexibility index (Phi) is 13.6. The second kappa shape index (κ2) is 16.5. The maximum Gasteiger partial charge on any atom is 0.331 e. The third-order valence-electron chi connectivity index (χ3n) is 12.3. The van der Waals surface area contributed by atoms with E-state index in [1.165, 1.54) is 6.08 Å². The van der Waals surface area contributed by atoms with Gasteiger partial charge in [-0.05, 0) is 49.5 Å². The minimum atomic E-state index is -1.83. The van der Waals surface area contributed by atoms with Crippen molar-refractivity contribution in [2.45, 2.75) is 93.5 Å². The Hall–Kier alpha value is -1.80. The molecule has 5 rings (SSSR count). The van der Waals surface area contributed by atoms with Crippen LogP contribution in [0.15, 0.2) is 11.6 Å². The number of carbonyl (C=O) groups is 5. The molecule has 0 aromatic rings. The maximum atomic E-state index is 13.4. The molecule has 0 saturated heterocycles. The first-order valence-corrected chi connectivity index (χ1v) is 19.4. The predicted octanol–water partition coefficient (Wildman–Crippen LogP) is -0.977. The number of thioether (sulfide) groups is 2. The average molecular weight is 860 g/mol. The van der Waals surface area contributed by atoms with Gasteiger partial charge in [0.1, 0.15) is 30.9 Å². The topological polar surface area (TPSA) is 286 Å². The fourth-order valence-corrected chi connectivity index (χ4v) is 11.4. The monoisotopic (exact) mass is 859 g/mol. The van der Waals surface area contributed by atoms with Gasteiger partial charge >= 0.3 is 29.8 Å². The van der Waals surface area contributed by atoms with Gasteiger partial charge in [0.25, 0.3) is 0 Å². The van der Waals surface area contributed by atoms with Crippen LogP contribution in [0.5, 0.6) is 0 Å². The summed E-state index contributed by atoms with van der Waals surface area (Å²) in [6.07, 6.45) is -1.29. The van der Waals surface area contributed by atoms with Gasteiger partial charge in [0, 0.05) is 61.9 Å². The third-order valence-corrected chi connectivity index (χ3v) is 14.3. The van der Waals surface area contributed by atoms with E-state index in [0.29, 0.717) is 12.8 Å². The van der Waals surface area contributed by atoms with Gasteiger partial charge in [0.2, 0.25) is 0 Å². The maximum absolute atomic E-state index is 13.4. The first-order valence-electron chi connectivity index (χ1n) is 17.0.